The number of carbonyl (C=O) groups is 1. The van der Waals surface area contributed by atoms with E-state index in [0.29, 0.717) is 15.8 Å². The summed E-state index contributed by atoms with van der Waals surface area (Å²) in [6, 6.07) is 2.54. The van der Waals surface area contributed by atoms with E-state index in [-0.39, 0.29) is 17.0 Å². The van der Waals surface area contributed by atoms with Crippen molar-refractivity contribution in [3.8, 4) is 0 Å². The number of nitrogens with zero attached hydrogens (tertiary/aromatic N) is 1. The number of halogens is 2. The minimum absolute atomic E-state index is 0.0241. The van der Waals surface area contributed by atoms with Crippen molar-refractivity contribution >= 4 is 40.8 Å². The summed E-state index contributed by atoms with van der Waals surface area (Å²) in [6.45, 7) is 1.74. The average Bonchev–Trinajstić information content (AvgIpc) is 3.13. The highest BCUT2D eigenvalue weighted by molar-refractivity contribution is 7.71. The standard InChI is InChI=1S/C13H13ClFN3OS/c1-6(12(19)16-7-2-3-7)18-11-5-9(15)8(14)4-10(11)17-13(18)20/h4-7H,2-3H2,1H3,(H,16,19)(H,17,20). The van der Waals surface area contributed by atoms with Crippen molar-refractivity contribution in [3.63, 3.8) is 0 Å². The number of carbonyl (C=O) groups excluding carboxylic acids is 1. The van der Waals surface area contributed by atoms with E-state index in [2.05, 4.69) is 10.3 Å². The topological polar surface area (TPSA) is 49.8 Å². The second kappa shape index (κ2) is 4.86. The summed E-state index contributed by atoms with van der Waals surface area (Å²) in [5, 5.41) is 2.94. The van der Waals surface area contributed by atoms with E-state index < -0.39 is 11.9 Å². The molecule has 1 fully saturated rings. The number of aromatic amines is 1. The number of fused-ring (bicyclic) bond motifs is 1. The maximum atomic E-state index is 13.6. The molecule has 0 spiro atoms. The molecule has 106 valence electrons. The quantitative estimate of drug-likeness (QED) is 0.854. The lowest BCUT2D eigenvalue weighted by molar-refractivity contribution is -0.123. The summed E-state index contributed by atoms with van der Waals surface area (Å²) < 4.78 is 15.6. The highest BCUT2D eigenvalue weighted by Crippen LogP contribution is 2.26. The molecule has 2 N–H and O–H groups in total. The van der Waals surface area contributed by atoms with Crippen molar-refractivity contribution in [2.75, 3.05) is 0 Å². The first-order chi connectivity index (χ1) is 9.47. The van der Waals surface area contributed by atoms with Crippen molar-refractivity contribution in [2.24, 2.45) is 0 Å². The van der Waals surface area contributed by atoms with Crippen LogP contribution in [0.15, 0.2) is 12.1 Å². The molecule has 7 heteroatoms. The molecule has 0 bridgehead atoms. The maximum absolute atomic E-state index is 13.6. The van der Waals surface area contributed by atoms with Gasteiger partial charge in [0.05, 0.1) is 16.1 Å². The van der Waals surface area contributed by atoms with Gasteiger partial charge in [-0.2, -0.15) is 0 Å². The molecular formula is C13H13ClFN3OS. The molecule has 1 aliphatic rings. The number of hydrogen-bond donors (Lipinski definition) is 2. The van der Waals surface area contributed by atoms with Gasteiger partial charge in [0, 0.05) is 12.1 Å². The third kappa shape index (κ3) is 2.33. The Kier molecular flexibility index (Phi) is 3.30. The molecule has 1 aromatic heterocycles. The van der Waals surface area contributed by atoms with Crippen LogP contribution < -0.4 is 5.32 Å². The van der Waals surface area contributed by atoms with E-state index in [1.165, 1.54) is 12.1 Å². The number of imidazole rings is 1. The minimum atomic E-state index is -0.531. The fraction of sp³-hybridized carbons (Fsp3) is 0.385. The number of nitrogens with one attached hydrogen (secondary N) is 2. The van der Waals surface area contributed by atoms with Gasteiger partial charge in [-0.15, -0.1) is 0 Å². The van der Waals surface area contributed by atoms with Crippen molar-refractivity contribution in [1.29, 1.82) is 0 Å². The first kappa shape index (κ1) is 13.6. The number of hydrogen-bond acceptors (Lipinski definition) is 2. The van der Waals surface area contributed by atoms with E-state index in [1.54, 1.807) is 11.5 Å². The van der Waals surface area contributed by atoms with Gasteiger partial charge in [0.15, 0.2) is 4.77 Å². The Bertz CT molecular complexity index is 750. The average molecular weight is 314 g/mol. The van der Waals surface area contributed by atoms with Crippen LogP contribution in [0.5, 0.6) is 0 Å². The first-order valence-corrected chi connectivity index (χ1v) is 7.15. The van der Waals surface area contributed by atoms with Crippen molar-refractivity contribution in [3.05, 3.63) is 27.7 Å². The van der Waals surface area contributed by atoms with E-state index in [0.717, 1.165) is 12.8 Å². The lowest BCUT2D eigenvalue weighted by Gasteiger charge is -2.14. The smallest absolute Gasteiger partial charge is 0.243 e. The van der Waals surface area contributed by atoms with Crippen molar-refractivity contribution in [1.82, 2.24) is 14.9 Å². The number of aromatic nitrogens is 2. The molecule has 2 aromatic rings. The molecule has 0 radical (unpaired) electrons. The highest BCUT2D eigenvalue weighted by atomic mass is 35.5. The number of rotatable bonds is 3. The third-order valence-electron chi connectivity index (χ3n) is 3.45. The second-order valence-corrected chi connectivity index (χ2v) is 5.84. The summed E-state index contributed by atoms with van der Waals surface area (Å²) in [4.78, 5) is 15.1. The molecular weight excluding hydrogens is 301 g/mol. The maximum Gasteiger partial charge on any atom is 0.243 e. The van der Waals surface area contributed by atoms with Crippen LogP contribution in [-0.4, -0.2) is 21.5 Å². The number of benzene rings is 1. The Morgan fingerprint density at radius 1 is 1.60 bits per heavy atom. The molecule has 1 amide bonds. The number of H-pyrrole nitrogens is 1. The van der Waals surface area contributed by atoms with Crippen molar-refractivity contribution < 1.29 is 9.18 Å². The van der Waals surface area contributed by atoms with Gasteiger partial charge in [-0.05, 0) is 38.0 Å². The van der Waals surface area contributed by atoms with Gasteiger partial charge in [-0.1, -0.05) is 11.6 Å². The van der Waals surface area contributed by atoms with Gasteiger partial charge < -0.3 is 14.9 Å². The Balaban J connectivity index is 2.05. The summed E-state index contributed by atoms with van der Waals surface area (Å²) in [7, 11) is 0. The summed E-state index contributed by atoms with van der Waals surface area (Å²) in [5.41, 5.74) is 1.16. The molecule has 1 saturated carbocycles. The largest absolute Gasteiger partial charge is 0.352 e. The van der Waals surface area contributed by atoms with Crippen LogP contribution in [0.4, 0.5) is 4.39 Å². The highest BCUT2D eigenvalue weighted by Gasteiger charge is 2.27. The van der Waals surface area contributed by atoms with E-state index in [1.807, 2.05) is 0 Å². The molecule has 0 aliphatic heterocycles. The Morgan fingerprint density at radius 3 is 2.95 bits per heavy atom. The monoisotopic (exact) mass is 313 g/mol. The number of amides is 1. The van der Waals surface area contributed by atoms with Crippen LogP contribution in [0, 0.1) is 10.6 Å². The van der Waals surface area contributed by atoms with E-state index >= 15 is 0 Å². The molecule has 1 unspecified atom stereocenters. The fourth-order valence-corrected chi connectivity index (χ4v) is 2.70. The summed E-state index contributed by atoms with van der Waals surface area (Å²) in [5.74, 6) is -0.642. The van der Waals surface area contributed by atoms with Crippen LogP contribution in [0.3, 0.4) is 0 Å². The predicted molar refractivity (Wildman–Crippen MR) is 78.0 cm³/mol. The zero-order valence-electron chi connectivity index (χ0n) is 10.7. The van der Waals surface area contributed by atoms with Gasteiger partial charge >= 0.3 is 0 Å². The van der Waals surface area contributed by atoms with E-state index in [4.69, 9.17) is 23.8 Å². The summed E-state index contributed by atoms with van der Waals surface area (Å²) >= 11 is 11.0. The molecule has 3 rings (SSSR count). The first-order valence-electron chi connectivity index (χ1n) is 6.37. The van der Waals surface area contributed by atoms with Gasteiger partial charge in [-0.3, -0.25) is 4.79 Å². The third-order valence-corrected chi connectivity index (χ3v) is 4.04. The Labute approximate surface area is 124 Å². The van der Waals surface area contributed by atoms with Crippen LogP contribution in [0.25, 0.3) is 11.0 Å². The molecule has 4 nitrogen and oxygen atoms in total. The van der Waals surface area contributed by atoms with Gasteiger partial charge in [-0.25, -0.2) is 4.39 Å². The molecule has 1 atom stereocenters. The van der Waals surface area contributed by atoms with Crippen LogP contribution >= 0.6 is 23.8 Å². The normalized spacial score (nSPS) is 16.4. The molecule has 1 aromatic carbocycles. The zero-order chi connectivity index (χ0) is 14.4. The van der Waals surface area contributed by atoms with Crippen LogP contribution in [-0.2, 0) is 4.79 Å². The molecule has 20 heavy (non-hydrogen) atoms. The van der Waals surface area contributed by atoms with E-state index in [9.17, 15) is 9.18 Å². The Morgan fingerprint density at radius 2 is 2.30 bits per heavy atom. The van der Waals surface area contributed by atoms with Gasteiger partial charge in [0.1, 0.15) is 11.9 Å². The predicted octanol–water partition coefficient (Wildman–Crippen LogP) is 3.33. The van der Waals surface area contributed by atoms with Gasteiger partial charge in [0.25, 0.3) is 0 Å². The van der Waals surface area contributed by atoms with Crippen LogP contribution in [0.2, 0.25) is 5.02 Å². The van der Waals surface area contributed by atoms with Gasteiger partial charge in [0.2, 0.25) is 5.91 Å². The molecule has 1 aliphatic carbocycles. The molecule has 0 saturated heterocycles. The SMILES string of the molecule is CC(C(=O)NC1CC1)n1c(=S)[nH]c2cc(Cl)c(F)cc21. The van der Waals surface area contributed by atoms with Crippen molar-refractivity contribution in [2.45, 2.75) is 31.8 Å². The molecule has 1 heterocycles. The summed E-state index contributed by atoms with van der Waals surface area (Å²) in [6.07, 6.45) is 2.03. The minimum Gasteiger partial charge on any atom is -0.352 e. The Hall–Kier alpha value is -1.40. The second-order valence-electron chi connectivity index (χ2n) is 5.04. The lowest BCUT2D eigenvalue weighted by atomic mass is 10.2. The fourth-order valence-electron chi connectivity index (χ4n) is 2.17. The zero-order valence-corrected chi connectivity index (χ0v) is 12.3. The lowest BCUT2D eigenvalue weighted by Crippen LogP contribution is -2.32. The van der Waals surface area contributed by atoms with Crippen LogP contribution in [0.1, 0.15) is 25.8 Å².